The van der Waals surface area contributed by atoms with Gasteiger partial charge < -0.3 is 19.5 Å². The Balaban J connectivity index is 1.70. The molecule has 3 rings (SSSR count). The van der Waals surface area contributed by atoms with Crippen LogP contribution in [-0.2, 0) is 16.0 Å². The molecule has 0 aromatic heterocycles. The first-order valence-corrected chi connectivity index (χ1v) is 9.62. The molecule has 2 aromatic rings. The summed E-state index contributed by atoms with van der Waals surface area (Å²) in [6.45, 7) is -0.671. The number of anilines is 1. The van der Waals surface area contributed by atoms with Gasteiger partial charge in [0, 0.05) is 24.2 Å². The summed E-state index contributed by atoms with van der Waals surface area (Å²) >= 11 is 0. The summed E-state index contributed by atoms with van der Waals surface area (Å²) in [5.41, 5.74) is -0.00258. The number of non-ortho nitro benzene ring substituents is 1. The third kappa shape index (κ3) is 5.08. The van der Waals surface area contributed by atoms with E-state index >= 15 is 0 Å². The number of carbonyl (C=O) groups is 2. The summed E-state index contributed by atoms with van der Waals surface area (Å²) in [6.07, 6.45) is 0.113. The number of carbonyl (C=O) groups excluding carboxylic acids is 2. The van der Waals surface area contributed by atoms with E-state index in [1.807, 2.05) is 0 Å². The van der Waals surface area contributed by atoms with Crippen LogP contribution in [0.15, 0.2) is 30.3 Å². The second kappa shape index (κ2) is 9.80. The van der Waals surface area contributed by atoms with Gasteiger partial charge in [0.15, 0.2) is 18.1 Å². The largest absolute Gasteiger partial charge is 0.493 e. The van der Waals surface area contributed by atoms with Gasteiger partial charge >= 0.3 is 0 Å². The van der Waals surface area contributed by atoms with E-state index in [9.17, 15) is 29.8 Å². The molecular formula is C20H20N4O9. The molecule has 174 valence electrons. The Morgan fingerprint density at radius 2 is 1.82 bits per heavy atom. The van der Waals surface area contributed by atoms with Crippen molar-refractivity contribution in [1.82, 2.24) is 5.32 Å². The number of benzene rings is 2. The van der Waals surface area contributed by atoms with Crippen molar-refractivity contribution < 1.29 is 33.6 Å². The maximum absolute atomic E-state index is 12.5. The van der Waals surface area contributed by atoms with Crippen molar-refractivity contribution in [3.63, 3.8) is 0 Å². The molecule has 33 heavy (non-hydrogen) atoms. The van der Waals surface area contributed by atoms with E-state index in [4.69, 9.17) is 14.2 Å². The van der Waals surface area contributed by atoms with Gasteiger partial charge in [-0.2, -0.15) is 0 Å². The van der Waals surface area contributed by atoms with Gasteiger partial charge in [-0.1, -0.05) is 0 Å². The Morgan fingerprint density at radius 3 is 2.45 bits per heavy atom. The number of nitro groups is 2. The fourth-order valence-corrected chi connectivity index (χ4v) is 3.29. The van der Waals surface area contributed by atoms with Crippen LogP contribution < -0.4 is 24.4 Å². The number of nitrogens with one attached hydrogen (secondary N) is 1. The third-order valence-corrected chi connectivity index (χ3v) is 4.90. The van der Waals surface area contributed by atoms with E-state index in [1.165, 1.54) is 38.5 Å². The van der Waals surface area contributed by atoms with Crippen molar-refractivity contribution in [2.75, 3.05) is 38.8 Å². The minimum Gasteiger partial charge on any atom is -0.493 e. The van der Waals surface area contributed by atoms with Crippen molar-refractivity contribution in [2.24, 2.45) is 0 Å². The standard InChI is InChI=1S/C20H20N4O9/c1-31-17-7-12(14(24(29)30)9-18(17)32-2)5-6-21-19(25)10-22-15-8-13(23(27)28)3-4-16(15)33-11-20(22)26/h3-4,7-9H,5-6,10-11H2,1-2H3,(H,21,25). The average molecular weight is 460 g/mol. The smallest absolute Gasteiger partial charge is 0.276 e. The first kappa shape index (κ1) is 23.2. The van der Waals surface area contributed by atoms with Gasteiger partial charge in [0.05, 0.1) is 35.8 Å². The number of hydrogen-bond donors (Lipinski definition) is 1. The van der Waals surface area contributed by atoms with E-state index in [0.717, 1.165) is 11.0 Å². The van der Waals surface area contributed by atoms with Crippen LogP contribution in [0.1, 0.15) is 5.56 Å². The van der Waals surface area contributed by atoms with E-state index in [-0.39, 0.29) is 48.1 Å². The Hall–Kier alpha value is -4.42. The maximum atomic E-state index is 12.5. The maximum Gasteiger partial charge on any atom is 0.276 e. The molecule has 2 amide bonds. The zero-order valence-electron chi connectivity index (χ0n) is 17.7. The minimum absolute atomic E-state index is 0.0372. The van der Waals surface area contributed by atoms with Crippen LogP contribution in [0.3, 0.4) is 0 Å². The fraction of sp³-hybridized carbons (Fsp3) is 0.300. The highest BCUT2D eigenvalue weighted by Crippen LogP contribution is 2.36. The lowest BCUT2D eigenvalue weighted by atomic mass is 10.1. The van der Waals surface area contributed by atoms with Crippen LogP contribution in [0, 0.1) is 20.2 Å². The minimum atomic E-state index is -0.617. The van der Waals surface area contributed by atoms with Gasteiger partial charge in [-0.3, -0.25) is 34.7 Å². The van der Waals surface area contributed by atoms with Crippen LogP contribution in [0.4, 0.5) is 17.1 Å². The predicted molar refractivity (Wildman–Crippen MR) is 114 cm³/mol. The molecule has 1 N–H and O–H groups in total. The molecule has 0 saturated heterocycles. The third-order valence-electron chi connectivity index (χ3n) is 4.90. The summed E-state index contributed by atoms with van der Waals surface area (Å²) in [6, 6.07) is 6.47. The first-order chi connectivity index (χ1) is 15.7. The lowest BCUT2D eigenvalue weighted by Crippen LogP contribution is -2.45. The number of methoxy groups -OCH3 is 2. The molecule has 0 spiro atoms. The molecule has 0 aliphatic carbocycles. The fourth-order valence-electron chi connectivity index (χ4n) is 3.29. The Labute approximate surface area is 187 Å². The number of ether oxygens (including phenoxy) is 3. The molecule has 0 radical (unpaired) electrons. The van der Waals surface area contributed by atoms with Gasteiger partial charge in [0.2, 0.25) is 5.91 Å². The zero-order chi connectivity index (χ0) is 24.1. The number of amides is 2. The molecular weight excluding hydrogens is 440 g/mol. The topological polar surface area (TPSA) is 163 Å². The highest BCUT2D eigenvalue weighted by molar-refractivity contribution is 6.02. The van der Waals surface area contributed by atoms with Crippen LogP contribution in [0.5, 0.6) is 17.2 Å². The molecule has 0 bridgehead atoms. The van der Waals surface area contributed by atoms with Gasteiger partial charge in [-0.15, -0.1) is 0 Å². The number of nitrogens with zero attached hydrogens (tertiary/aromatic N) is 3. The van der Waals surface area contributed by atoms with Crippen LogP contribution in [0.2, 0.25) is 0 Å². The van der Waals surface area contributed by atoms with Gasteiger partial charge in [-0.05, 0) is 18.6 Å². The van der Waals surface area contributed by atoms with E-state index in [1.54, 1.807) is 0 Å². The molecule has 0 atom stereocenters. The lowest BCUT2D eigenvalue weighted by Gasteiger charge is -2.28. The highest BCUT2D eigenvalue weighted by atomic mass is 16.6. The van der Waals surface area contributed by atoms with Crippen molar-refractivity contribution in [3.8, 4) is 17.2 Å². The first-order valence-electron chi connectivity index (χ1n) is 9.62. The van der Waals surface area contributed by atoms with Gasteiger partial charge in [0.25, 0.3) is 17.3 Å². The predicted octanol–water partition coefficient (Wildman–Crippen LogP) is 1.60. The molecule has 0 fully saturated rings. The van der Waals surface area contributed by atoms with Crippen molar-refractivity contribution in [3.05, 3.63) is 56.1 Å². The Morgan fingerprint density at radius 1 is 1.12 bits per heavy atom. The Kier molecular flexibility index (Phi) is 6.91. The zero-order valence-corrected chi connectivity index (χ0v) is 17.7. The normalized spacial score (nSPS) is 12.4. The molecule has 1 aliphatic heterocycles. The highest BCUT2D eigenvalue weighted by Gasteiger charge is 2.29. The summed E-state index contributed by atoms with van der Waals surface area (Å²) in [5, 5.41) is 25.0. The van der Waals surface area contributed by atoms with Gasteiger partial charge in [-0.25, -0.2) is 0 Å². The Bertz CT molecular complexity index is 1120. The quantitative estimate of drug-likeness (QED) is 0.432. The van der Waals surface area contributed by atoms with Crippen LogP contribution >= 0.6 is 0 Å². The molecule has 13 nitrogen and oxygen atoms in total. The van der Waals surface area contributed by atoms with Gasteiger partial charge in [0.1, 0.15) is 12.3 Å². The second-order valence-electron chi connectivity index (χ2n) is 6.87. The average Bonchev–Trinajstić information content (AvgIpc) is 2.79. The number of nitro benzene ring substituents is 2. The van der Waals surface area contributed by atoms with E-state index in [2.05, 4.69) is 5.32 Å². The molecule has 1 aliphatic rings. The molecule has 13 heteroatoms. The van der Waals surface area contributed by atoms with E-state index in [0.29, 0.717) is 11.3 Å². The summed E-state index contributed by atoms with van der Waals surface area (Å²) in [7, 11) is 2.76. The lowest BCUT2D eigenvalue weighted by molar-refractivity contribution is -0.385. The van der Waals surface area contributed by atoms with Crippen LogP contribution in [-0.4, -0.2) is 55.6 Å². The summed E-state index contributed by atoms with van der Waals surface area (Å²) < 4.78 is 15.5. The SMILES string of the molecule is COc1cc(CCNC(=O)CN2C(=O)COc3ccc([N+](=O)[O-])cc32)c([N+](=O)[O-])cc1OC. The second-order valence-corrected chi connectivity index (χ2v) is 6.87. The molecule has 1 heterocycles. The van der Waals surface area contributed by atoms with Crippen molar-refractivity contribution in [1.29, 1.82) is 0 Å². The number of fused-ring (bicyclic) bond motifs is 1. The number of rotatable bonds is 9. The van der Waals surface area contributed by atoms with Crippen molar-refractivity contribution in [2.45, 2.75) is 6.42 Å². The molecule has 0 unspecified atom stereocenters. The van der Waals surface area contributed by atoms with E-state index < -0.39 is 28.2 Å². The summed E-state index contributed by atoms with van der Waals surface area (Å²) in [5.74, 6) is -0.328. The monoisotopic (exact) mass is 460 g/mol. The number of hydrogen-bond acceptors (Lipinski definition) is 9. The molecule has 0 saturated carbocycles. The summed E-state index contributed by atoms with van der Waals surface area (Å²) in [4.78, 5) is 47.1. The van der Waals surface area contributed by atoms with Crippen LogP contribution in [0.25, 0.3) is 0 Å². The van der Waals surface area contributed by atoms with Crippen molar-refractivity contribution >= 4 is 28.9 Å². The molecule has 2 aromatic carbocycles.